The number of hydrogen-bond donors (Lipinski definition) is 2. The second-order valence-corrected chi connectivity index (χ2v) is 6.06. The van der Waals surface area contributed by atoms with Crippen molar-refractivity contribution in [3.8, 4) is 0 Å². The van der Waals surface area contributed by atoms with Gasteiger partial charge in [-0.25, -0.2) is 0 Å². The van der Waals surface area contributed by atoms with E-state index in [9.17, 15) is 14.2 Å². The van der Waals surface area contributed by atoms with E-state index in [2.05, 4.69) is 0 Å². The molecule has 0 heterocycles. The molecular weight excluding hydrogens is 301 g/mol. The number of unbranched alkanes of at least 4 members (excludes halogenated alkanes) is 8. The average molecular weight is 326 g/mol. The summed E-state index contributed by atoms with van der Waals surface area (Å²) in [6, 6.07) is 0. The Morgan fingerprint density at radius 3 is 1.65 bits per heavy atom. The molecule has 0 amide bonds. The quantitative estimate of drug-likeness (QED) is 0.245. The normalized spacial score (nSPS) is 10.3. The molecule has 0 atom stereocenters. The maximum absolute atomic E-state index is 10.9. The van der Waals surface area contributed by atoms with E-state index in [-0.39, 0.29) is 65.5 Å². The minimum atomic E-state index is -4.50. The number of carbonyl (C=O) groups is 2. The van der Waals surface area contributed by atoms with Gasteiger partial charge in [0.1, 0.15) is 6.29 Å². The number of carbonyl (C=O) groups excluding carboxylic acids is 2. The molecule has 0 aromatic heterocycles. The molecule has 0 aliphatic rings. The first-order valence-electron chi connectivity index (χ1n) is 6.51. The van der Waals surface area contributed by atoms with Gasteiger partial charge in [-0.05, 0) is 12.8 Å². The Morgan fingerprint density at radius 2 is 1.25 bits per heavy atom. The zero-order chi connectivity index (χ0) is 13.9. The monoisotopic (exact) mass is 326 g/mol. The van der Waals surface area contributed by atoms with Crippen molar-refractivity contribution in [2.45, 2.75) is 64.2 Å². The predicted molar refractivity (Wildman–Crippen MR) is 83.6 cm³/mol. The van der Waals surface area contributed by atoms with Crippen molar-refractivity contribution in [3.63, 3.8) is 0 Å². The molecule has 0 saturated heterocycles. The van der Waals surface area contributed by atoms with E-state index in [0.29, 0.717) is 12.8 Å². The Bertz CT molecular complexity index is 294. The van der Waals surface area contributed by atoms with Gasteiger partial charge in [0, 0.05) is 12.8 Å². The van der Waals surface area contributed by atoms with Crippen molar-refractivity contribution in [1.82, 2.24) is 0 Å². The molecular formula is C12H25Na2O5P. The van der Waals surface area contributed by atoms with Gasteiger partial charge in [0.15, 0.2) is 0 Å². The van der Waals surface area contributed by atoms with Crippen LogP contribution in [0.5, 0.6) is 0 Å². The summed E-state index contributed by atoms with van der Waals surface area (Å²) in [5.41, 5.74) is -0.948. The van der Waals surface area contributed by atoms with Crippen molar-refractivity contribution in [2.75, 3.05) is 0 Å². The van der Waals surface area contributed by atoms with Crippen molar-refractivity contribution in [1.29, 1.82) is 0 Å². The van der Waals surface area contributed by atoms with Crippen molar-refractivity contribution < 1.29 is 23.9 Å². The zero-order valence-corrected chi connectivity index (χ0v) is 11.6. The van der Waals surface area contributed by atoms with Crippen molar-refractivity contribution in [3.05, 3.63) is 0 Å². The molecule has 0 aliphatic carbocycles. The first-order valence-corrected chi connectivity index (χ1v) is 8.12. The molecule has 2 N–H and O–H groups in total. The third-order valence-corrected chi connectivity index (χ3v) is 3.66. The van der Waals surface area contributed by atoms with E-state index in [1.165, 1.54) is 0 Å². The van der Waals surface area contributed by atoms with E-state index in [0.717, 1.165) is 51.2 Å². The second kappa shape index (κ2) is 16.9. The number of aldehydes is 1. The van der Waals surface area contributed by atoms with E-state index in [4.69, 9.17) is 9.79 Å². The molecule has 110 valence electrons. The van der Waals surface area contributed by atoms with E-state index in [1.807, 2.05) is 0 Å². The number of hydrogen-bond acceptors (Lipinski definition) is 3. The first kappa shape index (κ1) is 26.4. The predicted octanol–water partition coefficient (Wildman–Crippen LogP) is 1.49. The van der Waals surface area contributed by atoms with Gasteiger partial charge < -0.3 is 14.6 Å². The molecule has 20 heavy (non-hydrogen) atoms. The van der Waals surface area contributed by atoms with Crippen molar-refractivity contribution >= 4 is 78.5 Å². The van der Waals surface area contributed by atoms with Crippen LogP contribution in [0.15, 0.2) is 0 Å². The fourth-order valence-electron chi connectivity index (χ4n) is 1.71. The van der Waals surface area contributed by atoms with Gasteiger partial charge in [-0.15, -0.1) is 0 Å². The van der Waals surface area contributed by atoms with E-state index < -0.39 is 13.1 Å². The Morgan fingerprint density at radius 1 is 0.850 bits per heavy atom. The molecule has 0 fully saturated rings. The summed E-state index contributed by atoms with van der Waals surface area (Å²) in [5.74, 6) is 0. The molecule has 8 heteroatoms. The summed E-state index contributed by atoms with van der Waals surface area (Å²) < 4.78 is 10.5. The Labute approximate surface area is 165 Å². The van der Waals surface area contributed by atoms with Crippen LogP contribution in [0.2, 0.25) is 0 Å². The van der Waals surface area contributed by atoms with Crippen LogP contribution >= 0.6 is 7.60 Å². The molecule has 0 aromatic rings. The Kier molecular flexibility index (Phi) is 22.2. The van der Waals surface area contributed by atoms with Crippen LogP contribution in [-0.4, -0.2) is 80.7 Å². The third kappa shape index (κ3) is 17.5. The fraction of sp³-hybridized carbons (Fsp3) is 0.833. The molecule has 0 unspecified atom stereocenters. The summed E-state index contributed by atoms with van der Waals surface area (Å²) in [7, 11) is -4.50. The topological polar surface area (TPSA) is 91.7 Å². The van der Waals surface area contributed by atoms with Crippen molar-refractivity contribution in [2.24, 2.45) is 0 Å². The van der Waals surface area contributed by atoms with Gasteiger partial charge in [-0.3, -0.25) is 9.36 Å². The van der Waals surface area contributed by atoms with Gasteiger partial charge in [-0.2, -0.15) is 0 Å². The Balaban J connectivity index is -0.00000144. The zero-order valence-electron chi connectivity index (χ0n) is 10.7. The van der Waals surface area contributed by atoms with Crippen LogP contribution in [0.4, 0.5) is 0 Å². The standard InChI is InChI=1S/C12H23O5P.2Na.2H/c13-11-9-7-5-3-1-2-4-6-8-10-12(14)18(15,16)17;;;;/h11H,1-10H2,(H2,15,16,17);;;;. The van der Waals surface area contributed by atoms with E-state index in [1.54, 1.807) is 0 Å². The summed E-state index contributed by atoms with van der Waals surface area (Å²) in [6.07, 6.45) is 9.28. The van der Waals surface area contributed by atoms with Gasteiger partial charge in [0.2, 0.25) is 5.52 Å². The summed E-state index contributed by atoms with van der Waals surface area (Å²) in [6.45, 7) is 0. The Hall–Kier alpha value is 1.49. The molecule has 0 bridgehead atoms. The van der Waals surface area contributed by atoms with Gasteiger partial charge in [0.25, 0.3) is 0 Å². The van der Waals surface area contributed by atoms with Crippen LogP contribution < -0.4 is 0 Å². The third-order valence-electron chi connectivity index (χ3n) is 2.79. The SMILES string of the molecule is O=CCCCCCCCCCCC(=O)P(=O)(O)O.[NaH].[NaH]. The van der Waals surface area contributed by atoms with Crippen LogP contribution in [0.3, 0.4) is 0 Å². The second-order valence-electron chi connectivity index (χ2n) is 4.47. The van der Waals surface area contributed by atoms with Crippen LogP contribution in [-0.2, 0) is 14.2 Å². The summed E-state index contributed by atoms with van der Waals surface area (Å²) >= 11 is 0. The molecule has 0 aromatic carbocycles. The number of rotatable bonds is 12. The van der Waals surface area contributed by atoms with E-state index >= 15 is 0 Å². The molecule has 0 radical (unpaired) electrons. The summed E-state index contributed by atoms with van der Waals surface area (Å²) in [4.78, 5) is 38.1. The van der Waals surface area contributed by atoms with Gasteiger partial charge >= 0.3 is 66.7 Å². The van der Waals surface area contributed by atoms with Gasteiger partial charge in [0.05, 0.1) is 0 Å². The molecule has 5 nitrogen and oxygen atoms in total. The van der Waals surface area contributed by atoms with Gasteiger partial charge in [-0.1, -0.05) is 38.5 Å². The maximum atomic E-state index is 10.9. The fourth-order valence-corrected chi connectivity index (χ4v) is 2.16. The molecule has 0 rings (SSSR count). The average Bonchev–Trinajstić information content (AvgIpc) is 2.30. The van der Waals surface area contributed by atoms with Crippen LogP contribution in [0.25, 0.3) is 0 Å². The van der Waals surface area contributed by atoms with Crippen LogP contribution in [0, 0.1) is 0 Å². The first-order chi connectivity index (χ1) is 8.48. The summed E-state index contributed by atoms with van der Waals surface area (Å²) in [5, 5.41) is 0. The van der Waals surface area contributed by atoms with Crippen LogP contribution in [0.1, 0.15) is 64.2 Å². The molecule has 0 saturated carbocycles. The molecule has 0 aliphatic heterocycles. The molecule has 0 spiro atoms. The minimum absolute atomic E-state index is 0.